The molecular weight excluding hydrogens is 529 g/mol. The molecule has 2 amide bonds. The summed E-state index contributed by atoms with van der Waals surface area (Å²) in [5.74, 6) is 1.76. The number of likely N-dealkylation sites (tertiary alicyclic amines) is 2. The average molecular weight is 564 g/mol. The van der Waals surface area contributed by atoms with E-state index in [2.05, 4.69) is 23.1 Å². The van der Waals surface area contributed by atoms with Crippen LogP contribution in [0.5, 0.6) is 0 Å². The van der Waals surface area contributed by atoms with E-state index in [1.807, 2.05) is 67.5 Å². The van der Waals surface area contributed by atoms with Crippen LogP contribution < -0.4 is 0 Å². The smallest absolute Gasteiger partial charge is 0.254 e. The normalized spacial score (nSPS) is 20.1. The second-order valence-corrected chi connectivity index (χ2v) is 12.0. The molecule has 1 unspecified atom stereocenters. The lowest BCUT2D eigenvalue weighted by Gasteiger charge is -2.41. The molecule has 3 aliphatic heterocycles. The van der Waals surface area contributed by atoms with Crippen LogP contribution in [0.25, 0.3) is 22.5 Å². The Balaban J connectivity index is 1.09. The third-order valence-electron chi connectivity index (χ3n) is 9.59. The van der Waals surface area contributed by atoms with E-state index in [4.69, 9.17) is 4.42 Å². The minimum Gasteiger partial charge on any atom is -0.460 e. The van der Waals surface area contributed by atoms with Crippen LogP contribution in [0, 0.1) is 11.2 Å². The zero-order valence-corrected chi connectivity index (χ0v) is 24.0. The van der Waals surface area contributed by atoms with E-state index in [1.165, 1.54) is 12.1 Å². The van der Waals surface area contributed by atoms with Crippen LogP contribution in [0.2, 0.25) is 0 Å². The van der Waals surface area contributed by atoms with Gasteiger partial charge in [0.05, 0.1) is 12.0 Å². The number of furan rings is 1. The van der Waals surface area contributed by atoms with Crippen LogP contribution in [-0.2, 0) is 17.9 Å². The molecule has 2 fully saturated rings. The minimum atomic E-state index is -0.443. The van der Waals surface area contributed by atoms with Crippen molar-refractivity contribution >= 4 is 11.8 Å². The van der Waals surface area contributed by atoms with Crippen molar-refractivity contribution in [3.8, 4) is 22.5 Å². The SMILES string of the molecule is CN1Cc2c(cccc2-c2ccccc2-c2ccc(CN3CCC4(CC3)C(=O)N(C)CC4c3ccc(F)cc3)o2)C1=O. The number of amides is 2. The molecule has 0 bridgehead atoms. The molecule has 3 aliphatic rings. The fraction of sp³-hybridized carbons (Fsp3) is 0.314. The molecule has 6 nitrogen and oxygen atoms in total. The number of fused-ring (bicyclic) bond motifs is 1. The molecule has 1 atom stereocenters. The van der Waals surface area contributed by atoms with Crippen molar-refractivity contribution in [3.05, 3.63) is 107 Å². The van der Waals surface area contributed by atoms with Crippen LogP contribution in [0.3, 0.4) is 0 Å². The summed E-state index contributed by atoms with van der Waals surface area (Å²) in [6.45, 7) is 3.52. The Labute approximate surface area is 245 Å². The third kappa shape index (κ3) is 4.34. The second kappa shape index (κ2) is 10.2. The summed E-state index contributed by atoms with van der Waals surface area (Å²) in [5, 5.41) is 0. The predicted molar refractivity (Wildman–Crippen MR) is 159 cm³/mol. The zero-order valence-electron chi connectivity index (χ0n) is 24.0. The largest absolute Gasteiger partial charge is 0.460 e. The fourth-order valence-electron chi connectivity index (χ4n) is 7.34. The van der Waals surface area contributed by atoms with E-state index in [1.54, 1.807) is 4.90 Å². The maximum absolute atomic E-state index is 13.6. The Morgan fingerprint density at radius 3 is 2.26 bits per heavy atom. The van der Waals surface area contributed by atoms with E-state index < -0.39 is 5.41 Å². The molecule has 1 aromatic heterocycles. The number of benzene rings is 3. The van der Waals surface area contributed by atoms with Gasteiger partial charge in [-0.1, -0.05) is 48.5 Å². The molecule has 0 aliphatic carbocycles. The van der Waals surface area contributed by atoms with Crippen molar-refractivity contribution in [2.45, 2.75) is 31.8 Å². The number of nitrogens with zero attached hydrogens (tertiary/aromatic N) is 3. The highest BCUT2D eigenvalue weighted by Gasteiger charge is 2.54. The first-order valence-corrected chi connectivity index (χ1v) is 14.6. The Hall–Kier alpha value is -4.23. The van der Waals surface area contributed by atoms with Gasteiger partial charge in [-0.2, -0.15) is 0 Å². The first-order chi connectivity index (χ1) is 20.3. The van der Waals surface area contributed by atoms with Crippen molar-refractivity contribution in [2.24, 2.45) is 5.41 Å². The Kier molecular flexibility index (Phi) is 6.50. The van der Waals surface area contributed by atoms with Crippen LogP contribution in [0.15, 0.2) is 83.3 Å². The summed E-state index contributed by atoms with van der Waals surface area (Å²) >= 11 is 0. The van der Waals surface area contributed by atoms with Gasteiger partial charge in [0.1, 0.15) is 17.3 Å². The van der Waals surface area contributed by atoms with Gasteiger partial charge in [0, 0.05) is 44.2 Å². The highest BCUT2D eigenvalue weighted by atomic mass is 19.1. The molecule has 7 heteroatoms. The van der Waals surface area contributed by atoms with E-state index >= 15 is 0 Å². The van der Waals surface area contributed by atoms with Gasteiger partial charge >= 0.3 is 0 Å². The third-order valence-corrected chi connectivity index (χ3v) is 9.59. The zero-order chi connectivity index (χ0) is 29.0. The van der Waals surface area contributed by atoms with Crippen molar-refractivity contribution in [1.82, 2.24) is 14.7 Å². The Morgan fingerprint density at radius 2 is 1.50 bits per heavy atom. The molecule has 0 saturated carbocycles. The molecule has 4 heterocycles. The van der Waals surface area contributed by atoms with Gasteiger partial charge in [0.25, 0.3) is 5.91 Å². The number of rotatable bonds is 5. The number of piperidine rings is 1. The highest BCUT2D eigenvalue weighted by Crippen LogP contribution is 2.50. The number of hydrogen-bond acceptors (Lipinski definition) is 4. The molecule has 42 heavy (non-hydrogen) atoms. The van der Waals surface area contributed by atoms with Gasteiger partial charge in [-0.15, -0.1) is 0 Å². The molecule has 4 aromatic rings. The molecule has 7 rings (SSSR count). The van der Waals surface area contributed by atoms with Crippen molar-refractivity contribution in [1.29, 1.82) is 0 Å². The monoisotopic (exact) mass is 563 g/mol. The van der Waals surface area contributed by atoms with E-state index in [0.29, 0.717) is 19.6 Å². The second-order valence-electron chi connectivity index (χ2n) is 12.0. The summed E-state index contributed by atoms with van der Waals surface area (Å²) in [5.41, 5.74) is 5.52. The number of carbonyl (C=O) groups is 2. The van der Waals surface area contributed by atoms with E-state index in [-0.39, 0.29) is 23.5 Å². The van der Waals surface area contributed by atoms with Gasteiger partial charge in [0.2, 0.25) is 5.91 Å². The maximum Gasteiger partial charge on any atom is 0.254 e. The predicted octanol–water partition coefficient (Wildman–Crippen LogP) is 6.18. The van der Waals surface area contributed by atoms with Crippen molar-refractivity contribution < 1.29 is 18.4 Å². The number of carbonyl (C=O) groups excluding carboxylic acids is 2. The van der Waals surface area contributed by atoms with E-state index in [0.717, 1.165) is 70.8 Å². The Bertz CT molecular complexity index is 1670. The molecule has 214 valence electrons. The fourth-order valence-corrected chi connectivity index (χ4v) is 7.34. The molecular formula is C35H34FN3O3. The highest BCUT2D eigenvalue weighted by molar-refractivity contribution is 6.01. The summed E-state index contributed by atoms with van der Waals surface area (Å²) < 4.78 is 20.0. The van der Waals surface area contributed by atoms with Gasteiger partial charge < -0.3 is 14.2 Å². The van der Waals surface area contributed by atoms with Crippen LogP contribution in [0.1, 0.15) is 46.0 Å². The van der Waals surface area contributed by atoms with Gasteiger partial charge in [0.15, 0.2) is 0 Å². The molecule has 3 aromatic carbocycles. The molecule has 0 N–H and O–H groups in total. The number of likely N-dealkylation sites (N-methyl/N-ethyl adjacent to an activating group) is 1. The summed E-state index contributed by atoms with van der Waals surface area (Å²) in [7, 11) is 3.71. The quantitative estimate of drug-likeness (QED) is 0.291. The van der Waals surface area contributed by atoms with Crippen molar-refractivity contribution in [2.75, 3.05) is 33.7 Å². The van der Waals surface area contributed by atoms with Crippen LogP contribution >= 0.6 is 0 Å². The van der Waals surface area contributed by atoms with Crippen LogP contribution in [-0.4, -0.2) is 60.2 Å². The summed E-state index contributed by atoms with van der Waals surface area (Å²) in [4.78, 5) is 32.0. The van der Waals surface area contributed by atoms with Crippen LogP contribution in [0.4, 0.5) is 4.39 Å². The average Bonchev–Trinajstić information content (AvgIpc) is 3.66. The molecule has 2 saturated heterocycles. The summed E-state index contributed by atoms with van der Waals surface area (Å²) in [6.07, 6.45) is 1.53. The topological polar surface area (TPSA) is 57.0 Å². The van der Waals surface area contributed by atoms with Crippen molar-refractivity contribution in [3.63, 3.8) is 0 Å². The lowest BCUT2D eigenvalue weighted by atomic mass is 9.68. The van der Waals surface area contributed by atoms with Gasteiger partial charge in [-0.05, 0) is 78.5 Å². The van der Waals surface area contributed by atoms with Gasteiger partial charge in [-0.25, -0.2) is 4.39 Å². The first-order valence-electron chi connectivity index (χ1n) is 14.6. The number of halogens is 1. The lowest BCUT2D eigenvalue weighted by Crippen LogP contribution is -2.45. The standard InChI is InChI=1S/C35H34FN3O3/c1-37-21-30-27(8-5-9-29(30)33(37)40)26-6-3-4-7-28(26)32-15-14-25(42-32)20-39-18-16-35(17-19-39)31(22-38(2)34(35)41)23-10-12-24(36)13-11-23/h3-15,31H,16-22H2,1-2H3. The Morgan fingerprint density at radius 1 is 0.810 bits per heavy atom. The molecule has 1 spiro atoms. The van der Waals surface area contributed by atoms with Gasteiger partial charge in [-0.3, -0.25) is 14.5 Å². The van der Waals surface area contributed by atoms with E-state index in [9.17, 15) is 14.0 Å². The first kappa shape index (κ1) is 26.7. The minimum absolute atomic E-state index is 0.0582. The maximum atomic E-state index is 13.6. The summed E-state index contributed by atoms with van der Waals surface area (Å²) in [6, 6.07) is 24.9. The molecule has 0 radical (unpaired) electrons. The lowest BCUT2D eigenvalue weighted by molar-refractivity contribution is -0.137. The number of hydrogen-bond donors (Lipinski definition) is 0.